The predicted octanol–water partition coefficient (Wildman–Crippen LogP) is 4.35. The molecule has 0 unspecified atom stereocenters. The molecule has 3 aromatic carbocycles. The van der Waals surface area contributed by atoms with E-state index in [1.54, 1.807) is 7.11 Å². The van der Waals surface area contributed by atoms with E-state index in [2.05, 4.69) is 17.4 Å². The molecule has 1 amide bonds. The first-order valence-electron chi connectivity index (χ1n) is 11.1. The maximum Gasteiger partial charge on any atom is 0.257 e. The number of aromatic nitrogens is 3. The van der Waals surface area contributed by atoms with E-state index >= 15 is 0 Å². The minimum absolute atomic E-state index is 0.295. The van der Waals surface area contributed by atoms with Crippen molar-refractivity contribution in [2.45, 2.75) is 19.5 Å². The van der Waals surface area contributed by atoms with Crippen molar-refractivity contribution < 1.29 is 9.53 Å². The summed E-state index contributed by atoms with van der Waals surface area (Å²) in [5.74, 6) is 0.780. The fourth-order valence-corrected chi connectivity index (χ4v) is 4.17. The molecular weight excluding hydrogens is 426 g/mol. The Morgan fingerprint density at radius 2 is 1.62 bits per heavy atom. The number of fused-ring (bicyclic) bond motifs is 2. The summed E-state index contributed by atoms with van der Waals surface area (Å²) in [6.45, 7) is 0.888. The van der Waals surface area contributed by atoms with Gasteiger partial charge in [0.1, 0.15) is 22.6 Å². The molecule has 0 aliphatic heterocycles. The van der Waals surface area contributed by atoms with Gasteiger partial charge in [-0.15, -0.1) is 0 Å². The van der Waals surface area contributed by atoms with Crippen molar-refractivity contribution in [3.8, 4) is 5.75 Å². The van der Waals surface area contributed by atoms with Gasteiger partial charge in [-0.3, -0.25) is 4.79 Å². The number of nitrogens with one attached hydrogen (secondary N) is 1. The lowest BCUT2D eigenvalue weighted by atomic mass is 10.1. The summed E-state index contributed by atoms with van der Waals surface area (Å²) in [6.07, 6.45) is 0.756. The highest BCUT2D eigenvalue weighted by molar-refractivity contribution is 6.10. The average Bonchev–Trinajstić information content (AvgIpc) is 3.15. The fraction of sp³-hybridized carbons (Fsp3) is 0.148. The SMILES string of the molecule is COc1ccccc1CNC(=O)c1c(N)n(CCc2ccccc2)c2nc3ccccc3nc12. The molecule has 0 saturated carbocycles. The minimum Gasteiger partial charge on any atom is -0.496 e. The smallest absolute Gasteiger partial charge is 0.257 e. The van der Waals surface area contributed by atoms with Crippen molar-refractivity contribution in [2.24, 2.45) is 0 Å². The lowest BCUT2D eigenvalue weighted by Gasteiger charge is -2.10. The van der Waals surface area contributed by atoms with E-state index in [0.717, 1.165) is 17.5 Å². The number of nitrogen functional groups attached to an aromatic ring is 1. The molecule has 2 aromatic heterocycles. The van der Waals surface area contributed by atoms with Crippen molar-refractivity contribution in [1.29, 1.82) is 0 Å². The van der Waals surface area contributed by atoms with Crippen LogP contribution in [0.25, 0.3) is 22.2 Å². The van der Waals surface area contributed by atoms with E-state index in [1.165, 1.54) is 5.56 Å². The van der Waals surface area contributed by atoms with Crippen LogP contribution in [0.15, 0.2) is 78.9 Å². The number of amides is 1. The number of ether oxygens (including phenoxy) is 1. The first-order chi connectivity index (χ1) is 16.7. The van der Waals surface area contributed by atoms with E-state index < -0.39 is 0 Å². The summed E-state index contributed by atoms with van der Waals surface area (Å²) in [7, 11) is 1.61. The molecule has 0 fully saturated rings. The Morgan fingerprint density at radius 1 is 0.941 bits per heavy atom. The van der Waals surface area contributed by atoms with Gasteiger partial charge in [-0.1, -0.05) is 60.7 Å². The molecule has 0 aliphatic carbocycles. The molecule has 5 aromatic rings. The third kappa shape index (κ3) is 4.03. The van der Waals surface area contributed by atoms with E-state index in [9.17, 15) is 4.79 Å². The van der Waals surface area contributed by atoms with Gasteiger partial charge in [0.05, 0.1) is 18.1 Å². The second-order valence-corrected chi connectivity index (χ2v) is 8.03. The molecule has 0 spiro atoms. The van der Waals surface area contributed by atoms with Crippen LogP contribution in [0, 0.1) is 0 Å². The summed E-state index contributed by atoms with van der Waals surface area (Å²) in [6, 6.07) is 25.4. The number of carbonyl (C=O) groups is 1. The maximum absolute atomic E-state index is 13.4. The van der Waals surface area contributed by atoms with Crippen LogP contribution in [0.3, 0.4) is 0 Å². The number of anilines is 1. The maximum atomic E-state index is 13.4. The number of carbonyl (C=O) groups excluding carboxylic acids is 1. The first kappa shape index (κ1) is 21.5. The molecular formula is C27H25N5O2. The molecule has 3 N–H and O–H groups in total. The zero-order chi connectivity index (χ0) is 23.5. The molecule has 34 heavy (non-hydrogen) atoms. The average molecular weight is 452 g/mol. The highest BCUT2D eigenvalue weighted by Crippen LogP contribution is 2.28. The zero-order valence-electron chi connectivity index (χ0n) is 18.9. The fourth-order valence-electron chi connectivity index (χ4n) is 4.17. The molecule has 0 bridgehead atoms. The zero-order valence-corrected chi connectivity index (χ0v) is 18.9. The Balaban J connectivity index is 1.53. The number of benzene rings is 3. The Bertz CT molecular complexity index is 1480. The molecule has 7 heteroatoms. The van der Waals surface area contributed by atoms with E-state index in [-0.39, 0.29) is 5.91 Å². The third-order valence-corrected chi connectivity index (χ3v) is 5.92. The molecule has 5 rings (SSSR count). The largest absolute Gasteiger partial charge is 0.496 e. The van der Waals surface area contributed by atoms with Crippen LogP contribution in [-0.4, -0.2) is 27.6 Å². The number of aryl methyl sites for hydroxylation is 2. The van der Waals surface area contributed by atoms with Crippen LogP contribution in [0.4, 0.5) is 5.82 Å². The van der Waals surface area contributed by atoms with Gasteiger partial charge in [0, 0.05) is 18.7 Å². The monoisotopic (exact) mass is 451 g/mol. The number of hydrogen-bond acceptors (Lipinski definition) is 5. The van der Waals surface area contributed by atoms with Crippen LogP contribution in [0.5, 0.6) is 5.75 Å². The molecule has 170 valence electrons. The van der Waals surface area contributed by atoms with E-state index in [0.29, 0.717) is 46.9 Å². The Hall–Kier alpha value is -4.39. The van der Waals surface area contributed by atoms with Crippen LogP contribution < -0.4 is 15.8 Å². The number of rotatable bonds is 7. The van der Waals surface area contributed by atoms with Crippen molar-refractivity contribution >= 4 is 33.9 Å². The summed E-state index contributed by atoms with van der Waals surface area (Å²) >= 11 is 0. The first-order valence-corrected chi connectivity index (χ1v) is 11.1. The second-order valence-electron chi connectivity index (χ2n) is 8.03. The number of hydrogen-bond donors (Lipinski definition) is 2. The van der Waals surface area contributed by atoms with Gasteiger partial charge in [0.25, 0.3) is 5.91 Å². The molecule has 0 saturated heterocycles. The summed E-state index contributed by atoms with van der Waals surface area (Å²) in [5, 5.41) is 2.98. The van der Waals surface area contributed by atoms with Gasteiger partial charge in [-0.05, 0) is 30.2 Å². The second kappa shape index (κ2) is 9.23. The van der Waals surface area contributed by atoms with Crippen LogP contribution in [-0.2, 0) is 19.5 Å². The Morgan fingerprint density at radius 3 is 2.38 bits per heavy atom. The quantitative estimate of drug-likeness (QED) is 0.384. The number of nitrogens with two attached hydrogens (primary N) is 1. The lowest BCUT2D eigenvalue weighted by molar-refractivity contribution is 0.0953. The van der Waals surface area contributed by atoms with Crippen LogP contribution >= 0.6 is 0 Å². The minimum atomic E-state index is -0.295. The van der Waals surface area contributed by atoms with Gasteiger partial charge >= 0.3 is 0 Å². The Labute approximate surface area is 197 Å². The van der Waals surface area contributed by atoms with Crippen molar-refractivity contribution in [3.05, 3.63) is 95.6 Å². The van der Waals surface area contributed by atoms with Gasteiger partial charge in [-0.2, -0.15) is 0 Å². The van der Waals surface area contributed by atoms with Gasteiger partial charge in [0.15, 0.2) is 5.65 Å². The van der Waals surface area contributed by atoms with Gasteiger partial charge in [-0.25, -0.2) is 9.97 Å². The van der Waals surface area contributed by atoms with Crippen molar-refractivity contribution in [3.63, 3.8) is 0 Å². The highest BCUT2D eigenvalue weighted by atomic mass is 16.5. The predicted molar refractivity (Wildman–Crippen MR) is 134 cm³/mol. The van der Waals surface area contributed by atoms with E-state index in [4.69, 9.17) is 20.4 Å². The topological polar surface area (TPSA) is 95.1 Å². The number of nitrogens with zero attached hydrogens (tertiary/aromatic N) is 3. The van der Waals surface area contributed by atoms with Crippen molar-refractivity contribution in [2.75, 3.05) is 12.8 Å². The molecule has 0 radical (unpaired) electrons. The normalized spacial score (nSPS) is 11.1. The summed E-state index contributed by atoms with van der Waals surface area (Å²) in [5.41, 5.74) is 11.5. The molecule has 0 aliphatic rings. The molecule has 2 heterocycles. The van der Waals surface area contributed by atoms with Gasteiger partial charge < -0.3 is 20.4 Å². The molecule has 0 atom stereocenters. The van der Waals surface area contributed by atoms with Crippen molar-refractivity contribution in [1.82, 2.24) is 19.9 Å². The summed E-state index contributed by atoms with van der Waals surface area (Å²) in [4.78, 5) is 23.0. The number of para-hydroxylation sites is 3. The van der Waals surface area contributed by atoms with Crippen LogP contribution in [0.2, 0.25) is 0 Å². The molecule has 7 nitrogen and oxygen atoms in total. The lowest BCUT2D eigenvalue weighted by Crippen LogP contribution is -2.24. The van der Waals surface area contributed by atoms with E-state index in [1.807, 2.05) is 71.3 Å². The summed E-state index contributed by atoms with van der Waals surface area (Å²) < 4.78 is 7.29. The van der Waals surface area contributed by atoms with Crippen LogP contribution in [0.1, 0.15) is 21.5 Å². The highest BCUT2D eigenvalue weighted by Gasteiger charge is 2.24. The number of methoxy groups -OCH3 is 1. The standard InChI is InChI=1S/C27H25N5O2/c1-34-22-14-8-5-11-19(22)17-29-27(33)23-24-26(31-21-13-7-6-12-20(21)30-24)32(25(23)28)16-15-18-9-3-2-4-10-18/h2-14H,15-17,28H2,1H3,(H,29,33). The Kier molecular flexibility index (Phi) is 5.82. The third-order valence-electron chi connectivity index (χ3n) is 5.92. The van der Waals surface area contributed by atoms with Gasteiger partial charge in [0.2, 0.25) is 0 Å².